The second-order valence-electron chi connectivity index (χ2n) is 9.24. The van der Waals surface area contributed by atoms with E-state index in [0.29, 0.717) is 19.1 Å². The van der Waals surface area contributed by atoms with E-state index in [1.54, 1.807) is 19.1 Å². The average Bonchev–Trinajstić information content (AvgIpc) is 2.94. The molecule has 0 heterocycles. The summed E-state index contributed by atoms with van der Waals surface area (Å²) in [6, 6.07) is 4.72. The van der Waals surface area contributed by atoms with Crippen molar-refractivity contribution >= 4 is 36.1 Å². The molecule has 0 aliphatic rings. The number of nitrogens with one attached hydrogen (secondary N) is 4. The number of nitrogens with two attached hydrogens (primary N) is 2. The largest absolute Gasteiger partial charge is 0.445 e. The van der Waals surface area contributed by atoms with Crippen molar-refractivity contribution < 1.29 is 33.8 Å². The quantitative estimate of drug-likeness (QED) is 0.0535. The molecule has 0 aliphatic heterocycles. The first-order valence-corrected chi connectivity index (χ1v) is 13.0. The predicted octanol–water partition coefficient (Wildman–Crippen LogP) is -0.953. The van der Waals surface area contributed by atoms with Gasteiger partial charge in [-0.3, -0.25) is 19.4 Å². The minimum absolute atomic E-state index is 0.0220. The summed E-state index contributed by atoms with van der Waals surface area (Å²) in [5.41, 5.74) is 11.4. The van der Waals surface area contributed by atoms with Gasteiger partial charge in [0, 0.05) is 6.54 Å². The Morgan fingerprint density at radius 1 is 1.00 bits per heavy atom. The van der Waals surface area contributed by atoms with Crippen molar-refractivity contribution in [2.45, 2.75) is 70.8 Å². The SMILES string of the molecule is CC[C@H](C)[C@H](NC(=O)OCc1ccccc1)C(=O)N[C@@H](C)C(=O)N[C@@H](CCCN=C(N)N)C(=O)N[C@H](C=O)CO. The van der Waals surface area contributed by atoms with Crippen molar-refractivity contribution in [2.75, 3.05) is 13.2 Å². The highest BCUT2D eigenvalue weighted by Gasteiger charge is 2.30. The van der Waals surface area contributed by atoms with Crippen molar-refractivity contribution in [1.29, 1.82) is 0 Å². The Hall–Kier alpha value is -4.20. The average molecular weight is 564 g/mol. The number of aldehydes is 1. The van der Waals surface area contributed by atoms with Crippen molar-refractivity contribution in [3.63, 3.8) is 0 Å². The third-order valence-corrected chi connectivity index (χ3v) is 6.00. The first-order valence-electron chi connectivity index (χ1n) is 13.0. The van der Waals surface area contributed by atoms with Gasteiger partial charge in [0.2, 0.25) is 17.7 Å². The molecule has 0 saturated carbocycles. The smallest absolute Gasteiger partial charge is 0.408 e. The van der Waals surface area contributed by atoms with E-state index in [1.807, 2.05) is 25.1 Å². The molecule has 1 rings (SSSR count). The molecule has 5 atom stereocenters. The normalized spacial score (nSPS) is 14.3. The molecule has 0 spiro atoms. The van der Waals surface area contributed by atoms with E-state index in [1.165, 1.54) is 6.92 Å². The molecule has 0 aliphatic carbocycles. The number of alkyl carbamates (subject to hydrolysis) is 1. The number of aliphatic imine (C=N–C) groups is 1. The number of amides is 4. The molecule has 0 fully saturated rings. The molecule has 1 aromatic rings. The van der Waals surface area contributed by atoms with Gasteiger partial charge in [-0.1, -0.05) is 50.6 Å². The number of carbonyl (C=O) groups is 5. The second-order valence-corrected chi connectivity index (χ2v) is 9.24. The van der Waals surface area contributed by atoms with Gasteiger partial charge in [-0.05, 0) is 31.2 Å². The fourth-order valence-corrected chi connectivity index (χ4v) is 3.44. The minimum atomic E-state index is -1.15. The van der Waals surface area contributed by atoms with Crippen LogP contribution in [0.15, 0.2) is 35.3 Å². The number of guanidine groups is 1. The summed E-state index contributed by atoms with van der Waals surface area (Å²) in [4.78, 5) is 65.9. The molecular formula is C26H41N7O7. The first-order chi connectivity index (χ1) is 19.0. The molecule has 1 aromatic carbocycles. The minimum Gasteiger partial charge on any atom is -0.445 e. The van der Waals surface area contributed by atoms with Gasteiger partial charge in [0.25, 0.3) is 0 Å². The lowest BCUT2D eigenvalue weighted by Crippen LogP contribution is -2.57. The summed E-state index contributed by atoms with van der Waals surface area (Å²) in [7, 11) is 0. The van der Waals surface area contributed by atoms with Crippen LogP contribution in [0.2, 0.25) is 0 Å². The Labute approximate surface area is 233 Å². The van der Waals surface area contributed by atoms with Crippen LogP contribution < -0.4 is 32.7 Å². The molecule has 0 saturated heterocycles. The summed E-state index contributed by atoms with van der Waals surface area (Å²) in [6.45, 7) is 4.64. The Balaban J connectivity index is 2.83. The number of nitrogens with zero attached hydrogens (tertiary/aromatic N) is 1. The fraction of sp³-hybridized carbons (Fsp3) is 0.538. The number of aliphatic hydroxyl groups excluding tert-OH is 1. The zero-order valence-corrected chi connectivity index (χ0v) is 23.1. The third kappa shape index (κ3) is 12.6. The summed E-state index contributed by atoms with van der Waals surface area (Å²) in [5.74, 6) is -2.41. The molecule has 0 unspecified atom stereocenters. The van der Waals surface area contributed by atoms with Crippen LogP contribution in [-0.2, 0) is 30.5 Å². The van der Waals surface area contributed by atoms with Crippen molar-refractivity contribution in [3.8, 4) is 0 Å². The molecule has 14 heteroatoms. The molecule has 14 nitrogen and oxygen atoms in total. The van der Waals surface area contributed by atoms with Gasteiger partial charge in [-0.15, -0.1) is 0 Å². The van der Waals surface area contributed by atoms with Crippen LogP contribution >= 0.6 is 0 Å². The summed E-state index contributed by atoms with van der Waals surface area (Å²) in [6.07, 6.45) is 0.556. The molecule has 40 heavy (non-hydrogen) atoms. The van der Waals surface area contributed by atoms with Crippen LogP contribution in [0.3, 0.4) is 0 Å². The number of ether oxygens (including phenoxy) is 1. The monoisotopic (exact) mass is 563 g/mol. The maximum Gasteiger partial charge on any atom is 0.408 e. The number of benzene rings is 1. The summed E-state index contributed by atoms with van der Waals surface area (Å²) >= 11 is 0. The fourth-order valence-electron chi connectivity index (χ4n) is 3.44. The maximum absolute atomic E-state index is 13.0. The molecule has 222 valence electrons. The zero-order chi connectivity index (χ0) is 30.1. The van der Waals surface area contributed by atoms with E-state index >= 15 is 0 Å². The van der Waals surface area contributed by atoms with Crippen LogP contribution in [-0.4, -0.2) is 78.5 Å². The number of aliphatic hydroxyl groups is 1. The highest BCUT2D eigenvalue weighted by Crippen LogP contribution is 2.10. The van der Waals surface area contributed by atoms with Crippen LogP contribution in [0, 0.1) is 5.92 Å². The third-order valence-electron chi connectivity index (χ3n) is 6.00. The Bertz CT molecular complexity index is 1000. The second kappa shape index (κ2) is 18.2. The molecule has 0 bridgehead atoms. The Morgan fingerprint density at radius 3 is 2.25 bits per heavy atom. The molecule has 0 radical (unpaired) electrons. The number of rotatable bonds is 17. The predicted molar refractivity (Wildman–Crippen MR) is 148 cm³/mol. The van der Waals surface area contributed by atoms with Gasteiger partial charge in [0.15, 0.2) is 5.96 Å². The van der Waals surface area contributed by atoms with Gasteiger partial charge < -0.3 is 47.4 Å². The lowest BCUT2D eigenvalue weighted by atomic mass is 9.98. The first kappa shape index (κ1) is 33.8. The molecular weight excluding hydrogens is 522 g/mol. The van der Waals surface area contributed by atoms with Gasteiger partial charge in [0.05, 0.1) is 6.61 Å². The Morgan fingerprint density at radius 2 is 1.68 bits per heavy atom. The van der Waals surface area contributed by atoms with Gasteiger partial charge in [0.1, 0.15) is 37.1 Å². The van der Waals surface area contributed by atoms with E-state index in [9.17, 15) is 29.1 Å². The van der Waals surface area contributed by atoms with Crippen molar-refractivity contribution in [1.82, 2.24) is 21.3 Å². The van der Waals surface area contributed by atoms with E-state index in [2.05, 4.69) is 26.3 Å². The molecule has 4 amide bonds. The number of carbonyl (C=O) groups excluding carboxylic acids is 5. The maximum atomic E-state index is 13.0. The van der Waals surface area contributed by atoms with Crippen LogP contribution in [0.25, 0.3) is 0 Å². The highest BCUT2D eigenvalue weighted by atomic mass is 16.5. The Kier molecular flexibility index (Phi) is 15.4. The summed E-state index contributed by atoms with van der Waals surface area (Å²) < 4.78 is 5.23. The standard InChI is InChI=1S/C26H41N7O7/c1-4-16(2)21(33-26(39)40-15-18-9-6-5-7-10-18)24(38)30-17(3)22(36)32-20(11-8-12-29-25(27)28)23(37)31-19(13-34)14-35/h5-7,9-10,13,16-17,19-21,35H,4,8,11-12,14-15H2,1-3H3,(H,30,38)(H,31,37)(H,32,36)(H,33,39)(H4,27,28,29)/t16-,17-,19+,20-,21-/m0/s1. The van der Waals surface area contributed by atoms with Gasteiger partial charge in [-0.25, -0.2) is 4.79 Å². The van der Waals surface area contributed by atoms with Crippen LogP contribution in [0.1, 0.15) is 45.6 Å². The van der Waals surface area contributed by atoms with Gasteiger partial charge in [-0.2, -0.15) is 0 Å². The molecule has 0 aromatic heterocycles. The molecule has 9 N–H and O–H groups in total. The number of hydrogen-bond donors (Lipinski definition) is 7. The van der Waals surface area contributed by atoms with Crippen LogP contribution in [0.5, 0.6) is 0 Å². The zero-order valence-electron chi connectivity index (χ0n) is 23.1. The topological polar surface area (TPSA) is 227 Å². The van der Waals surface area contributed by atoms with E-state index in [-0.39, 0.29) is 31.4 Å². The van der Waals surface area contributed by atoms with Gasteiger partial charge >= 0.3 is 6.09 Å². The highest BCUT2D eigenvalue weighted by molar-refractivity contribution is 5.94. The number of hydrogen-bond acceptors (Lipinski definition) is 8. The van der Waals surface area contributed by atoms with Crippen molar-refractivity contribution in [2.24, 2.45) is 22.4 Å². The lowest BCUT2D eigenvalue weighted by Gasteiger charge is -2.26. The van der Waals surface area contributed by atoms with E-state index in [0.717, 1.165) is 5.56 Å². The van der Waals surface area contributed by atoms with Crippen LogP contribution in [0.4, 0.5) is 4.79 Å². The lowest BCUT2D eigenvalue weighted by molar-refractivity contribution is -0.133. The van der Waals surface area contributed by atoms with Crippen molar-refractivity contribution in [3.05, 3.63) is 35.9 Å². The van der Waals surface area contributed by atoms with E-state index in [4.69, 9.17) is 16.2 Å². The summed E-state index contributed by atoms with van der Waals surface area (Å²) in [5, 5.41) is 19.2. The van der Waals surface area contributed by atoms with E-state index < -0.39 is 54.6 Å².